The number of hydrogen-bond acceptors (Lipinski definition) is 5. The number of carbonyl (C=O) groups excluding carboxylic acids is 3. The summed E-state index contributed by atoms with van der Waals surface area (Å²) in [6, 6.07) is 15.6. The van der Waals surface area contributed by atoms with E-state index in [2.05, 4.69) is 5.32 Å². The molecule has 10 heteroatoms. The fraction of sp³-hybridized carbons (Fsp3) is 0.444. The molecule has 0 aliphatic carbocycles. The fourth-order valence-electron chi connectivity index (χ4n) is 4.12. The number of carbonyl (C=O) groups is 3. The number of likely N-dealkylation sites (tertiary alicyclic amines) is 1. The number of alkyl carbamates (subject to hydrolysis) is 1. The van der Waals surface area contributed by atoms with Crippen LogP contribution in [0, 0.1) is 0 Å². The number of halogens is 2. The molecular formula is C27H33F2N3O5. The zero-order valence-electron chi connectivity index (χ0n) is 20.6. The molecule has 37 heavy (non-hydrogen) atoms. The Morgan fingerprint density at radius 3 is 2.08 bits per heavy atom. The zero-order chi connectivity index (χ0) is 26.7. The SMILES string of the molecule is O=C(NC(Cc1ccccc1)C(O)C(F)(F)C(=O)NCC(=O)N1CCCCCC1)OCc1ccccc1. The van der Waals surface area contributed by atoms with E-state index < -0.39 is 42.5 Å². The molecule has 0 bridgehead atoms. The molecule has 1 fully saturated rings. The van der Waals surface area contributed by atoms with Gasteiger partial charge in [0, 0.05) is 13.1 Å². The summed E-state index contributed by atoms with van der Waals surface area (Å²) >= 11 is 0. The maximum atomic E-state index is 15.0. The van der Waals surface area contributed by atoms with E-state index in [1.54, 1.807) is 65.6 Å². The average molecular weight is 518 g/mol. The highest BCUT2D eigenvalue weighted by Gasteiger charge is 2.50. The van der Waals surface area contributed by atoms with Crippen LogP contribution in [0.5, 0.6) is 0 Å². The van der Waals surface area contributed by atoms with Gasteiger partial charge in [-0.1, -0.05) is 73.5 Å². The third-order valence-corrected chi connectivity index (χ3v) is 6.23. The van der Waals surface area contributed by atoms with Crippen LogP contribution in [0.15, 0.2) is 60.7 Å². The first-order chi connectivity index (χ1) is 17.8. The van der Waals surface area contributed by atoms with Crippen molar-refractivity contribution >= 4 is 17.9 Å². The number of nitrogens with one attached hydrogen (secondary N) is 2. The first kappa shape index (κ1) is 28.0. The summed E-state index contributed by atoms with van der Waals surface area (Å²) in [5.41, 5.74) is 1.25. The third-order valence-electron chi connectivity index (χ3n) is 6.23. The van der Waals surface area contributed by atoms with Gasteiger partial charge in [0.1, 0.15) is 12.7 Å². The minimum Gasteiger partial charge on any atom is -0.445 e. The minimum absolute atomic E-state index is 0.101. The molecule has 2 aromatic carbocycles. The summed E-state index contributed by atoms with van der Waals surface area (Å²) < 4.78 is 35.2. The second kappa shape index (κ2) is 13.7. The summed E-state index contributed by atoms with van der Waals surface area (Å²) in [4.78, 5) is 38.7. The van der Waals surface area contributed by atoms with Gasteiger partial charge in [0.05, 0.1) is 12.6 Å². The molecular weight excluding hydrogens is 484 g/mol. The van der Waals surface area contributed by atoms with Gasteiger partial charge in [0.15, 0.2) is 0 Å². The van der Waals surface area contributed by atoms with E-state index in [1.165, 1.54) is 0 Å². The maximum Gasteiger partial charge on any atom is 0.407 e. The van der Waals surface area contributed by atoms with Gasteiger partial charge in [-0.3, -0.25) is 9.59 Å². The van der Waals surface area contributed by atoms with Gasteiger partial charge in [-0.15, -0.1) is 0 Å². The predicted octanol–water partition coefficient (Wildman–Crippen LogP) is 3.04. The summed E-state index contributed by atoms with van der Waals surface area (Å²) in [5, 5.41) is 14.8. The van der Waals surface area contributed by atoms with Crippen molar-refractivity contribution < 1.29 is 33.0 Å². The Hall–Kier alpha value is -3.53. The summed E-state index contributed by atoms with van der Waals surface area (Å²) in [6.45, 7) is 0.330. The number of rotatable bonds is 10. The lowest BCUT2D eigenvalue weighted by Gasteiger charge is -2.29. The third kappa shape index (κ3) is 8.52. The predicted molar refractivity (Wildman–Crippen MR) is 133 cm³/mol. The van der Waals surface area contributed by atoms with Crippen molar-refractivity contribution in [3.05, 3.63) is 71.8 Å². The van der Waals surface area contributed by atoms with Crippen molar-refractivity contribution in [3.63, 3.8) is 0 Å². The van der Waals surface area contributed by atoms with Gasteiger partial charge in [0.25, 0.3) is 5.91 Å². The van der Waals surface area contributed by atoms with Crippen LogP contribution in [0.1, 0.15) is 36.8 Å². The van der Waals surface area contributed by atoms with E-state index in [4.69, 9.17) is 4.74 Å². The van der Waals surface area contributed by atoms with Crippen LogP contribution in [0.3, 0.4) is 0 Å². The fourth-order valence-corrected chi connectivity index (χ4v) is 4.12. The molecule has 2 unspecified atom stereocenters. The van der Waals surface area contributed by atoms with Crippen LogP contribution in [0.4, 0.5) is 13.6 Å². The van der Waals surface area contributed by atoms with Crippen LogP contribution >= 0.6 is 0 Å². The first-order valence-corrected chi connectivity index (χ1v) is 12.4. The molecule has 3 N–H and O–H groups in total. The Bertz CT molecular complexity index is 1020. The molecule has 2 aromatic rings. The molecule has 0 radical (unpaired) electrons. The molecule has 200 valence electrons. The first-order valence-electron chi connectivity index (χ1n) is 12.4. The highest BCUT2D eigenvalue weighted by Crippen LogP contribution is 2.24. The minimum atomic E-state index is -4.29. The molecule has 1 heterocycles. The Balaban J connectivity index is 1.64. The lowest BCUT2D eigenvalue weighted by Crippen LogP contribution is -2.59. The van der Waals surface area contributed by atoms with E-state index in [1.807, 2.05) is 5.32 Å². The van der Waals surface area contributed by atoms with E-state index in [9.17, 15) is 19.5 Å². The zero-order valence-corrected chi connectivity index (χ0v) is 20.6. The van der Waals surface area contributed by atoms with Crippen molar-refractivity contribution in [1.29, 1.82) is 0 Å². The van der Waals surface area contributed by atoms with Crippen LogP contribution in [-0.4, -0.2) is 65.6 Å². The molecule has 1 aliphatic rings. The number of ether oxygens (including phenoxy) is 1. The quantitative estimate of drug-likeness (QED) is 0.449. The standard InChI is InChI=1S/C27H33F2N3O5/c28-27(29,25(35)30-18-23(33)32-15-9-1-2-10-16-32)24(34)22(17-20-11-5-3-6-12-20)31-26(36)37-19-21-13-7-4-8-14-21/h3-8,11-14,22,24,34H,1-2,9-10,15-19H2,(H,30,35)(H,31,36). The Labute approximate surface area is 215 Å². The summed E-state index contributed by atoms with van der Waals surface area (Å²) in [7, 11) is 0. The van der Waals surface area contributed by atoms with Gasteiger partial charge in [0.2, 0.25) is 5.91 Å². The van der Waals surface area contributed by atoms with Gasteiger partial charge in [-0.05, 0) is 30.4 Å². The smallest absolute Gasteiger partial charge is 0.407 e. The lowest BCUT2D eigenvalue weighted by molar-refractivity contribution is -0.167. The molecule has 3 rings (SSSR count). The number of nitrogens with zero attached hydrogens (tertiary/aromatic N) is 1. The van der Waals surface area contributed by atoms with Gasteiger partial charge < -0.3 is 25.4 Å². The molecule has 0 spiro atoms. The Morgan fingerprint density at radius 2 is 1.49 bits per heavy atom. The molecule has 2 atom stereocenters. The van der Waals surface area contributed by atoms with Crippen molar-refractivity contribution in [3.8, 4) is 0 Å². The highest BCUT2D eigenvalue weighted by molar-refractivity contribution is 5.89. The molecule has 3 amide bonds. The molecule has 0 saturated carbocycles. The van der Waals surface area contributed by atoms with E-state index in [-0.39, 0.29) is 13.0 Å². The highest BCUT2D eigenvalue weighted by atomic mass is 19.3. The number of hydrogen-bond donors (Lipinski definition) is 3. The van der Waals surface area contributed by atoms with Crippen molar-refractivity contribution in [2.75, 3.05) is 19.6 Å². The van der Waals surface area contributed by atoms with Crippen molar-refractivity contribution in [2.24, 2.45) is 0 Å². The number of benzene rings is 2. The maximum absolute atomic E-state index is 15.0. The second-order valence-corrected chi connectivity index (χ2v) is 9.05. The molecule has 1 aliphatic heterocycles. The van der Waals surface area contributed by atoms with Crippen LogP contribution in [-0.2, 0) is 27.4 Å². The molecule has 8 nitrogen and oxygen atoms in total. The average Bonchev–Trinajstić information content (AvgIpc) is 3.20. The number of aliphatic hydroxyl groups excluding tert-OH is 1. The summed E-state index contributed by atoms with van der Waals surface area (Å²) in [6.07, 6.45) is -0.156. The number of alkyl halides is 2. The second-order valence-electron chi connectivity index (χ2n) is 9.05. The largest absolute Gasteiger partial charge is 0.445 e. The van der Waals surface area contributed by atoms with Crippen LogP contribution in [0.2, 0.25) is 0 Å². The number of amides is 3. The van der Waals surface area contributed by atoms with E-state index >= 15 is 8.78 Å². The number of aliphatic hydroxyl groups is 1. The van der Waals surface area contributed by atoms with Crippen LogP contribution in [0.25, 0.3) is 0 Å². The normalized spacial score (nSPS) is 15.7. The molecule has 0 aromatic heterocycles. The van der Waals surface area contributed by atoms with Crippen LogP contribution < -0.4 is 10.6 Å². The van der Waals surface area contributed by atoms with Gasteiger partial charge in [-0.25, -0.2) is 4.79 Å². The van der Waals surface area contributed by atoms with E-state index in [0.717, 1.165) is 25.7 Å². The topological polar surface area (TPSA) is 108 Å². The van der Waals surface area contributed by atoms with Gasteiger partial charge in [-0.2, -0.15) is 8.78 Å². The van der Waals surface area contributed by atoms with Crippen molar-refractivity contribution in [1.82, 2.24) is 15.5 Å². The van der Waals surface area contributed by atoms with Gasteiger partial charge >= 0.3 is 12.0 Å². The summed E-state index contributed by atoms with van der Waals surface area (Å²) in [5.74, 6) is -6.53. The van der Waals surface area contributed by atoms with E-state index in [0.29, 0.717) is 24.2 Å². The Kier molecular flexibility index (Phi) is 10.4. The molecule has 1 saturated heterocycles. The monoisotopic (exact) mass is 517 g/mol. The Morgan fingerprint density at radius 1 is 0.919 bits per heavy atom. The van der Waals surface area contributed by atoms with Crippen molar-refractivity contribution in [2.45, 2.75) is 56.8 Å². The lowest BCUT2D eigenvalue weighted by atomic mass is 9.96.